The van der Waals surface area contributed by atoms with Crippen LogP contribution in [0, 0.1) is 13.8 Å². The van der Waals surface area contributed by atoms with Crippen molar-refractivity contribution in [2.75, 3.05) is 5.32 Å². The molecule has 1 aliphatic heterocycles. The molecule has 2 heterocycles. The Morgan fingerprint density at radius 2 is 1.55 bits per heavy atom. The van der Waals surface area contributed by atoms with Crippen molar-refractivity contribution in [1.29, 1.82) is 0 Å². The lowest BCUT2D eigenvalue weighted by Gasteiger charge is -2.37. The number of pyridine rings is 1. The minimum absolute atomic E-state index is 0.0764. The van der Waals surface area contributed by atoms with Crippen LogP contribution in [0.3, 0.4) is 0 Å². The molecule has 2 atom stereocenters. The number of aromatic nitrogens is 1. The Hall–Kier alpha value is -5.18. The molecule has 9 heteroatoms. The SMILES string of the molecule is Cc1cccc(C)c1NC(=O)C1Cn2cc(C(=O)NC(C)c3ccccc3)c(=O)c(O)c2C(=O)N1Cc1ccccc1. The summed E-state index contributed by atoms with van der Waals surface area (Å²) in [6.45, 7) is 5.55. The third-order valence-electron chi connectivity index (χ3n) is 7.58. The first-order valence-electron chi connectivity index (χ1n) is 13.7. The second kappa shape index (κ2) is 11.7. The summed E-state index contributed by atoms with van der Waals surface area (Å²) in [4.78, 5) is 55.4. The minimum Gasteiger partial charge on any atom is -0.503 e. The van der Waals surface area contributed by atoms with E-state index in [2.05, 4.69) is 10.6 Å². The monoisotopic (exact) mass is 564 g/mol. The molecule has 3 N–H and O–H groups in total. The van der Waals surface area contributed by atoms with Gasteiger partial charge in [-0.1, -0.05) is 78.9 Å². The number of hydrogen-bond donors (Lipinski definition) is 3. The average molecular weight is 565 g/mol. The third kappa shape index (κ3) is 5.54. The van der Waals surface area contributed by atoms with E-state index in [-0.39, 0.29) is 24.3 Å². The topological polar surface area (TPSA) is 121 Å². The highest BCUT2D eigenvalue weighted by atomic mass is 16.3. The molecule has 1 aromatic heterocycles. The molecule has 9 nitrogen and oxygen atoms in total. The van der Waals surface area contributed by atoms with Crippen LogP contribution in [0.4, 0.5) is 5.69 Å². The first-order valence-corrected chi connectivity index (χ1v) is 13.7. The Morgan fingerprint density at radius 1 is 0.929 bits per heavy atom. The van der Waals surface area contributed by atoms with Gasteiger partial charge in [-0.3, -0.25) is 19.2 Å². The lowest BCUT2D eigenvalue weighted by atomic mass is 10.0. The van der Waals surface area contributed by atoms with E-state index in [1.54, 1.807) is 6.92 Å². The first-order chi connectivity index (χ1) is 20.2. The number of nitrogens with one attached hydrogen (secondary N) is 2. The number of aryl methyl sites for hydroxylation is 2. The molecule has 0 spiro atoms. The number of carbonyl (C=O) groups is 3. The van der Waals surface area contributed by atoms with Crippen LogP contribution in [0.2, 0.25) is 0 Å². The van der Waals surface area contributed by atoms with Crippen LogP contribution in [0.25, 0.3) is 0 Å². The largest absolute Gasteiger partial charge is 0.503 e. The van der Waals surface area contributed by atoms with Crippen molar-refractivity contribution in [3.63, 3.8) is 0 Å². The second-order valence-corrected chi connectivity index (χ2v) is 10.5. The summed E-state index contributed by atoms with van der Waals surface area (Å²) < 4.78 is 1.33. The van der Waals surface area contributed by atoms with E-state index in [1.807, 2.05) is 92.7 Å². The number of carbonyl (C=O) groups excluding carboxylic acids is 3. The van der Waals surface area contributed by atoms with Gasteiger partial charge in [-0.25, -0.2) is 0 Å². The van der Waals surface area contributed by atoms with Gasteiger partial charge in [0.05, 0.1) is 12.6 Å². The molecule has 5 rings (SSSR count). The van der Waals surface area contributed by atoms with Crippen molar-refractivity contribution in [2.24, 2.45) is 0 Å². The van der Waals surface area contributed by atoms with E-state index >= 15 is 0 Å². The fraction of sp³-hybridized carbons (Fsp3) is 0.212. The van der Waals surface area contributed by atoms with Gasteiger partial charge in [0, 0.05) is 18.4 Å². The number of benzene rings is 3. The smallest absolute Gasteiger partial charge is 0.275 e. The number of nitrogens with zero attached hydrogens (tertiary/aromatic N) is 2. The quantitative estimate of drug-likeness (QED) is 0.309. The normalized spacial score (nSPS) is 15.1. The Kier molecular flexibility index (Phi) is 7.93. The molecule has 0 radical (unpaired) electrons. The fourth-order valence-electron chi connectivity index (χ4n) is 5.25. The van der Waals surface area contributed by atoms with E-state index in [4.69, 9.17) is 0 Å². The third-order valence-corrected chi connectivity index (χ3v) is 7.58. The van der Waals surface area contributed by atoms with Gasteiger partial charge in [0.1, 0.15) is 11.6 Å². The second-order valence-electron chi connectivity index (χ2n) is 10.5. The number of para-hydroxylation sites is 1. The molecule has 0 saturated carbocycles. The van der Waals surface area contributed by atoms with Crippen molar-refractivity contribution in [2.45, 2.75) is 45.9 Å². The van der Waals surface area contributed by atoms with Crippen molar-refractivity contribution < 1.29 is 19.5 Å². The molecule has 214 valence electrons. The van der Waals surface area contributed by atoms with Crippen molar-refractivity contribution in [3.05, 3.63) is 129 Å². The lowest BCUT2D eigenvalue weighted by Crippen LogP contribution is -2.54. The maximum atomic E-state index is 13.9. The number of rotatable bonds is 7. The number of fused-ring (bicyclic) bond motifs is 1. The maximum absolute atomic E-state index is 13.9. The maximum Gasteiger partial charge on any atom is 0.275 e. The highest BCUT2D eigenvalue weighted by molar-refractivity contribution is 6.04. The van der Waals surface area contributed by atoms with Gasteiger partial charge < -0.3 is 25.2 Å². The zero-order chi connectivity index (χ0) is 30.0. The van der Waals surface area contributed by atoms with Gasteiger partial charge >= 0.3 is 0 Å². The van der Waals surface area contributed by atoms with E-state index < -0.39 is 41.0 Å². The zero-order valence-electron chi connectivity index (χ0n) is 23.6. The number of anilines is 1. The number of amides is 3. The van der Waals surface area contributed by atoms with Crippen LogP contribution < -0.4 is 16.1 Å². The van der Waals surface area contributed by atoms with E-state index in [0.717, 1.165) is 22.3 Å². The lowest BCUT2D eigenvalue weighted by molar-refractivity contribution is -0.121. The van der Waals surface area contributed by atoms with Crippen LogP contribution >= 0.6 is 0 Å². The van der Waals surface area contributed by atoms with Gasteiger partial charge in [0.25, 0.3) is 11.8 Å². The highest BCUT2D eigenvalue weighted by Gasteiger charge is 2.40. The van der Waals surface area contributed by atoms with Gasteiger partial charge in [-0.05, 0) is 43.0 Å². The first kappa shape index (κ1) is 28.4. The average Bonchev–Trinajstić information content (AvgIpc) is 2.98. The standard InChI is InChI=1S/C33H32N4O5/c1-20-11-10-12-21(2)27(20)35-32(41)26-19-36-18-25(31(40)34-22(3)24-15-8-5-9-16-24)29(38)30(39)28(36)33(42)37(26)17-23-13-6-4-7-14-23/h4-16,18,22,26,39H,17,19H2,1-3H3,(H,34,40)(H,35,41). The van der Waals surface area contributed by atoms with Gasteiger partial charge in [-0.15, -0.1) is 0 Å². The Bertz CT molecular complexity index is 1700. The molecule has 3 amide bonds. The molecule has 42 heavy (non-hydrogen) atoms. The molecule has 2 unspecified atom stereocenters. The molecule has 3 aromatic carbocycles. The minimum atomic E-state index is -0.995. The van der Waals surface area contributed by atoms with E-state index in [9.17, 15) is 24.3 Å². The predicted octanol–water partition coefficient (Wildman–Crippen LogP) is 4.33. The van der Waals surface area contributed by atoms with Crippen molar-refractivity contribution in [3.8, 4) is 5.75 Å². The van der Waals surface area contributed by atoms with Crippen LogP contribution in [-0.2, 0) is 17.9 Å². The number of hydrogen-bond acceptors (Lipinski definition) is 5. The van der Waals surface area contributed by atoms with Crippen LogP contribution in [0.15, 0.2) is 89.9 Å². The summed E-state index contributed by atoms with van der Waals surface area (Å²) in [6, 6.07) is 22.6. The summed E-state index contributed by atoms with van der Waals surface area (Å²) >= 11 is 0. The van der Waals surface area contributed by atoms with Crippen LogP contribution in [-0.4, -0.2) is 38.3 Å². The summed E-state index contributed by atoms with van der Waals surface area (Å²) in [6.07, 6.45) is 1.25. The summed E-state index contributed by atoms with van der Waals surface area (Å²) in [5, 5.41) is 16.7. The van der Waals surface area contributed by atoms with Gasteiger partial charge in [-0.2, -0.15) is 0 Å². The molecular weight excluding hydrogens is 532 g/mol. The molecule has 0 fully saturated rings. The molecule has 0 aliphatic carbocycles. The summed E-state index contributed by atoms with van der Waals surface area (Å²) in [5.41, 5.74) is 2.46. The molecule has 0 bridgehead atoms. The van der Waals surface area contributed by atoms with Crippen molar-refractivity contribution >= 4 is 23.4 Å². The predicted molar refractivity (Wildman–Crippen MR) is 159 cm³/mol. The van der Waals surface area contributed by atoms with E-state index in [1.165, 1.54) is 15.7 Å². The molecular formula is C33H32N4O5. The fourth-order valence-corrected chi connectivity index (χ4v) is 5.25. The Balaban J connectivity index is 1.52. The molecule has 1 aliphatic rings. The zero-order valence-corrected chi connectivity index (χ0v) is 23.6. The highest BCUT2D eigenvalue weighted by Crippen LogP contribution is 2.28. The van der Waals surface area contributed by atoms with Crippen LogP contribution in [0.1, 0.15) is 56.1 Å². The summed E-state index contributed by atoms with van der Waals surface area (Å²) in [5.74, 6) is -2.64. The van der Waals surface area contributed by atoms with Crippen LogP contribution in [0.5, 0.6) is 5.75 Å². The summed E-state index contributed by atoms with van der Waals surface area (Å²) in [7, 11) is 0. The van der Waals surface area contributed by atoms with Crippen molar-refractivity contribution in [1.82, 2.24) is 14.8 Å². The van der Waals surface area contributed by atoms with E-state index in [0.29, 0.717) is 5.69 Å². The van der Waals surface area contributed by atoms with Gasteiger partial charge in [0.15, 0.2) is 11.4 Å². The Morgan fingerprint density at radius 3 is 2.19 bits per heavy atom. The molecule has 4 aromatic rings. The molecule has 0 saturated heterocycles. The van der Waals surface area contributed by atoms with Gasteiger partial charge in [0.2, 0.25) is 11.3 Å². The Labute approximate surface area is 243 Å². The number of aromatic hydroxyl groups is 1.